The van der Waals surface area contributed by atoms with Gasteiger partial charge in [-0.3, -0.25) is 0 Å². The van der Waals surface area contributed by atoms with E-state index in [1.807, 2.05) is 27.0 Å². The molecule has 0 saturated carbocycles. The van der Waals surface area contributed by atoms with E-state index in [1.54, 1.807) is 0 Å². The number of anilines is 1. The van der Waals surface area contributed by atoms with Gasteiger partial charge < -0.3 is 24.3 Å². The quantitative estimate of drug-likeness (QED) is 0.743. The zero-order valence-corrected chi connectivity index (χ0v) is 19.9. The average molecular weight is 429 g/mol. The molecule has 0 aliphatic carbocycles. The van der Waals surface area contributed by atoms with E-state index in [2.05, 4.69) is 50.0 Å². The summed E-state index contributed by atoms with van der Waals surface area (Å²) < 4.78 is 17.7. The van der Waals surface area contributed by atoms with Crippen molar-refractivity contribution in [2.24, 2.45) is 0 Å². The number of carbonyl (C=O) groups is 1. The van der Waals surface area contributed by atoms with Crippen LogP contribution >= 0.6 is 0 Å². The Morgan fingerprint density at radius 1 is 1.13 bits per heavy atom. The van der Waals surface area contributed by atoms with Gasteiger partial charge in [0.05, 0.1) is 11.2 Å². The van der Waals surface area contributed by atoms with E-state index in [4.69, 9.17) is 19.0 Å². The van der Waals surface area contributed by atoms with Gasteiger partial charge >= 0.3 is 13.2 Å². The third-order valence-corrected chi connectivity index (χ3v) is 7.01. The number of fused-ring (bicyclic) bond motifs is 2. The fraction of sp³-hybridized carbons (Fsp3) is 0.739. The highest BCUT2D eigenvalue weighted by atomic mass is 16.7. The number of nitrogens with one attached hydrogen (secondary N) is 1. The first-order valence-corrected chi connectivity index (χ1v) is 11.4. The largest absolute Gasteiger partial charge is 0.496 e. The Labute approximate surface area is 186 Å². The van der Waals surface area contributed by atoms with Crippen molar-refractivity contribution in [2.75, 3.05) is 4.90 Å². The molecule has 1 N–H and O–H groups in total. The third kappa shape index (κ3) is 4.56. The van der Waals surface area contributed by atoms with Gasteiger partial charge in [-0.25, -0.2) is 9.78 Å². The fourth-order valence-electron chi connectivity index (χ4n) is 4.81. The Kier molecular flexibility index (Phi) is 5.53. The van der Waals surface area contributed by atoms with Crippen molar-refractivity contribution in [3.8, 4) is 0 Å². The Morgan fingerprint density at radius 3 is 2.19 bits per heavy atom. The molecule has 0 aromatic carbocycles. The maximum Gasteiger partial charge on any atom is 0.496 e. The van der Waals surface area contributed by atoms with Crippen molar-refractivity contribution in [3.05, 3.63) is 18.3 Å². The van der Waals surface area contributed by atoms with Gasteiger partial charge in [-0.2, -0.15) is 0 Å². The van der Waals surface area contributed by atoms with Crippen LogP contribution in [0.1, 0.15) is 74.1 Å². The van der Waals surface area contributed by atoms with Crippen LogP contribution in [-0.4, -0.2) is 53.1 Å². The number of piperidine rings is 1. The fourth-order valence-corrected chi connectivity index (χ4v) is 4.81. The van der Waals surface area contributed by atoms with E-state index >= 15 is 0 Å². The van der Waals surface area contributed by atoms with Crippen LogP contribution in [0.2, 0.25) is 0 Å². The van der Waals surface area contributed by atoms with Gasteiger partial charge in [-0.05, 0) is 80.2 Å². The van der Waals surface area contributed by atoms with E-state index in [1.165, 1.54) is 0 Å². The van der Waals surface area contributed by atoms with Crippen LogP contribution < -0.4 is 15.7 Å². The molecule has 3 aliphatic heterocycles. The van der Waals surface area contributed by atoms with Crippen LogP contribution in [0.15, 0.2) is 18.3 Å². The van der Waals surface area contributed by atoms with Gasteiger partial charge in [0.1, 0.15) is 11.4 Å². The molecule has 31 heavy (non-hydrogen) atoms. The number of hydrogen-bond acceptors (Lipinski definition) is 6. The number of alkyl carbamates (subject to hydrolysis) is 1. The molecular formula is C23H36BN3O4. The number of rotatable bonds is 3. The maximum absolute atomic E-state index is 12.2. The molecule has 3 fully saturated rings. The summed E-state index contributed by atoms with van der Waals surface area (Å²) in [6.07, 6.45) is 5.62. The number of nitrogens with zero attached hydrogens (tertiary/aromatic N) is 2. The third-order valence-electron chi connectivity index (χ3n) is 7.01. The van der Waals surface area contributed by atoms with Crippen molar-refractivity contribution >= 4 is 24.5 Å². The maximum atomic E-state index is 12.2. The van der Waals surface area contributed by atoms with Crippen LogP contribution in [0.4, 0.5) is 10.6 Å². The highest BCUT2D eigenvalue weighted by Crippen LogP contribution is 2.39. The minimum absolute atomic E-state index is 0.146. The van der Waals surface area contributed by atoms with Gasteiger partial charge in [0.25, 0.3) is 0 Å². The molecule has 1 aromatic rings. The van der Waals surface area contributed by atoms with Gasteiger partial charge in [-0.1, -0.05) is 6.07 Å². The standard InChI is InChI=1S/C23H36BN3O4/c1-21(2,3)29-20(28)26-16-12-17-9-10-18(13-16)27(17)19-11-8-15(14-25-19)24-30-22(4,5)23(6,7)31-24/h8,11,14,16-18H,9-10,12-13H2,1-7H3,(H,26,28)/t16?,17-,18?/m0/s1. The molecule has 7 nitrogen and oxygen atoms in total. The van der Waals surface area contributed by atoms with Crippen molar-refractivity contribution in [2.45, 2.75) is 109 Å². The first kappa shape index (κ1) is 22.4. The predicted octanol–water partition coefficient (Wildman–Crippen LogP) is 3.41. The lowest BCUT2D eigenvalue weighted by molar-refractivity contribution is 0.00578. The van der Waals surface area contributed by atoms with Crippen LogP contribution in [0, 0.1) is 0 Å². The van der Waals surface area contributed by atoms with Crippen molar-refractivity contribution in [1.29, 1.82) is 0 Å². The lowest BCUT2D eigenvalue weighted by Gasteiger charge is -2.40. The summed E-state index contributed by atoms with van der Waals surface area (Å²) in [7, 11) is -0.396. The van der Waals surface area contributed by atoms with Crippen molar-refractivity contribution in [1.82, 2.24) is 10.3 Å². The van der Waals surface area contributed by atoms with Gasteiger partial charge in [0.15, 0.2) is 0 Å². The summed E-state index contributed by atoms with van der Waals surface area (Å²) in [5.41, 5.74) is -0.264. The summed E-state index contributed by atoms with van der Waals surface area (Å²) in [5, 5.41) is 3.07. The minimum Gasteiger partial charge on any atom is -0.444 e. The molecule has 2 unspecified atom stereocenters. The summed E-state index contributed by atoms with van der Waals surface area (Å²) in [6.45, 7) is 13.9. The molecule has 0 spiro atoms. The van der Waals surface area contributed by atoms with Crippen LogP contribution in [0.3, 0.4) is 0 Å². The number of amides is 1. The van der Waals surface area contributed by atoms with Crippen LogP contribution in [-0.2, 0) is 14.0 Å². The average Bonchev–Trinajstić information content (AvgIpc) is 3.02. The summed E-state index contributed by atoms with van der Waals surface area (Å²) in [5.74, 6) is 0.989. The second-order valence-corrected chi connectivity index (χ2v) is 11.1. The topological polar surface area (TPSA) is 72.9 Å². The molecule has 1 amide bonds. The predicted molar refractivity (Wildman–Crippen MR) is 122 cm³/mol. The SMILES string of the molecule is CC(C)(C)OC(=O)NC1CC2CC[C@@H](C1)N2c1ccc(B2OC(C)(C)C(C)(C)O2)cn1. The Bertz CT molecular complexity index is 791. The number of ether oxygens (including phenoxy) is 1. The molecule has 3 atom stereocenters. The molecule has 0 radical (unpaired) electrons. The molecule has 4 rings (SSSR count). The zero-order chi connectivity index (χ0) is 22.6. The summed E-state index contributed by atoms with van der Waals surface area (Å²) >= 11 is 0. The number of carbonyl (C=O) groups excluding carboxylic acids is 1. The van der Waals surface area contributed by atoms with Gasteiger partial charge in [0.2, 0.25) is 0 Å². The molecule has 3 aliphatic rings. The molecular weight excluding hydrogens is 393 g/mol. The van der Waals surface area contributed by atoms with Crippen molar-refractivity contribution in [3.63, 3.8) is 0 Å². The molecule has 8 heteroatoms. The summed E-state index contributed by atoms with van der Waals surface area (Å²) in [6, 6.07) is 5.05. The smallest absolute Gasteiger partial charge is 0.444 e. The first-order chi connectivity index (χ1) is 14.3. The van der Waals surface area contributed by atoms with Gasteiger partial charge in [0, 0.05) is 29.8 Å². The van der Waals surface area contributed by atoms with Crippen molar-refractivity contribution < 1.29 is 18.8 Å². The summed E-state index contributed by atoms with van der Waals surface area (Å²) in [4.78, 5) is 19.4. The second kappa shape index (κ2) is 7.66. The lowest BCUT2D eigenvalue weighted by atomic mass is 9.80. The van der Waals surface area contributed by atoms with E-state index < -0.39 is 12.7 Å². The molecule has 170 valence electrons. The Balaban J connectivity index is 1.40. The van der Waals surface area contributed by atoms with E-state index in [0.717, 1.165) is 37.0 Å². The molecule has 1 aromatic heterocycles. The highest BCUT2D eigenvalue weighted by Gasteiger charge is 2.52. The zero-order valence-electron chi connectivity index (χ0n) is 19.9. The first-order valence-electron chi connectivity index (χ1n) is 11.4. The van der Waals surface area contributed by atoms with E-state index in [9.17, 15) is 4.79 Å². The van der Waals surface area contributed by atoms with Crippen LogP contribution in [0.25, 0.3) is 0 Å². The number of aromatic nitrogens is 1. The van der Waals surface area contributed by atoms with E-state index in [-0.39, 0.29) is 23.3 Å². The second-order valence-electron chi connectivity index (χ2n) is 11.1. The molecule has 2 bridgehead atoms. The monoisotopic (exact) mass is 429 g/mol. The molecule has 3 saturated heterocycles. The number of hydrogen-bond donors (Lipinski definition) is 1. The van der Waals surface area contributed by atoms with Crippen LogP contribution in [0.5, 0.6) is 0 Å². The lowest BCUT2D eigenvalue weighted by Crippen LogP contribution is -2.51. The molecule has 4 heterocycles. The minimum atomic E-state index is -0.480. The normalized spacial score (nSPS) is 29.2. The number of pyridine rings is 1. The Hall–Kier alpha value is -1.80. The van der Waals surface area contributed by atoms with Gasteiger partial charge in [-0.15, -0.1) is 0 Å². The highest BCUT2D eigenvalue weighted by molar-refractivity contribution is 6.62. The Morgan fingerprint density at radius 2 is 1.71 bits per heavy atom. The van der Waals surface area contributed by atoms with E-state index in [0.29, 0.717) is 12.1 Å².